The third-order valence-electron chi connectivity index (χ3n) is 4.39. The molecule has 2 amide bonds. The molecule has 0 fully saturated rings. The number of likely N-dealkylation sites (N-methyl/N-ethyl adjacent to an activating group) is 1. The fraction of sp³-hybridized carbons (Fsp3) is 0.190. The molecular formula is C21H21N3O4. The molecule has 2 aromatic rings. The van der Waals surface area contributed by atoms with E-state index in [4.69, 9.17) is 4.74 Å². The van der Waals surface area contributed by atoms with Gasteiger partial charge in [-0.1, -0.05) is 60.7 Å². The van der Waals surface area contributed by atoms with Gasteiger partial charge in [0.2, 0.25) is 5.91 Å². The summed E-state index contributed by atoms with van der Waals surface area (Å²) in [6, 6.07) is 19.0. The number of hydrogen-bond donors (Lipinski definition) is 2. The number of carbonyl (C=O) groups excluding carboxylic acids is 3. The second-order valence-electron chi connectivity index (χ2n) is 6.30. The lowest BCUT2D eigenvalue weighted by Gasteiger charge is -2.29. The number of nitrogens with zero attached hydrogens (tertiary/aromatic N) is 1. The van der Waals surface area contributed by atoms with Gasteiger partial charge in [-0.2, -0.15) is 0 Å². The molecule has 1 heterocycles. The van der Waals surface area contributed by atoms with Crippen LogP contribution in [0.15, 0.2) is 72.4 Å². The highest BCUT2D eigenvalue weighted by atomic mass is 16.5. The molecule has 3 rings (SSSR count). The van der Waals surface area contributed by atoms with Crippen molar-refractivity contribution in [2.75, 3.05) is 13.7 Å². The molecule has 0 unspecified atom stereocenters. The van der Waals surface area contributed by atoms with Gasteiger partial charge in [0.05, 0.1) is 6.04 Å². The van der Waals surface area contributed by atoms with Crippen molar-refractivity contribution in [2.45, 2.75) is 12.5 Å². The highest BCUT2D eigenvalue weighted by Gasteiger charge is 2.25. The van der Waals surface area contributed by atoms with Gasteiger partial charge in [-0.15, -0.1) is 0 Å². The van der Waals surface area contributed by atoms with Gasteiger partial charge >= 0.3 is 5.97 Å². The molecule has 144 valence electrons. The maximum absolute atomic E-state index is 12.7. The third-order valence-corrected chi connectivity index (χ3v) is 4.39. The summed E-state index contributed by atoms with van der Waals surface area (Å²) >= 11 is 0. The van der Waals surface area contributed by atoms with E-state index in [0.717, 1.165) is 11.1 Å². The number of ether oxygens (including phenoxy) is 1. The van der Waals surface area contributed by atoms with Crippen molar-refractivity contribution < 1.29 is 19.1 Å². The van der Waals surface area contributed by atoms with Gasteiger partial charge in [0.1, 0.15) is 5.70 Å². The third kappa shape index (κ3) is 4.56. The molecule has 1 aliphatic rings. The maximum atomic E-state index is 12.7. The van der Waals surface area contributed by atoms with Gasteiger partial charge < -0.3 is 9.64 Å². The summed E-state index contributed by atoms with van der Waals surface area (Å²) in [7, 11) is 1.68. The minimum atomic E-state index is -0.697. The summed E-state index contributed by atoms with van der Waals surface area (Å²) in [4.78, 5) is 37.4. The van der Waals surface area contributed by atoms with Crippen LogP contribution in [0, 0.1) is 0 Å². The molecule has 28 heavy (non-hydrogen) atoms. The smallest absolute Gasteiger partial charge is 0.356 e. The second-order valence-corrected chi connectivity index (χ2v) is 6.30. The predicted molar refractivity (Wildman–Crippen MR) is 102 cm³/mol. The minimum absolute atomic E-state index is 0.0787. The number of esters is 1. The molecule has 1 aliphatic heterocycles. The topological polar surface area (TPSA) is 87.7 Å². The number of nitrogens with one attached hydrogen (secondary N) is 2. The first-order chi connectivity index (χ1) is 13.6. The quantitative estimate of drug-likeness (QED) is 0.746. The van der Waals surface area contributed by atoms with Crippen LogP contribution in [0.2, 0.25) is 0 Å². The molecule has 0 aromatic heterocycles. The molecule has 0 saturated heterocycles. The van der Waals surface area contributed by atoms with Crippen LogP contribution in [0.5, 0.6) is 0 Å². The van der Waals surface area contributed by atoms with E-state index in [1.54, 1.807) is 11.9 Å². The van der Waals surface area contributed by atoms with Gasteiger partial charge in [0.15, 0.2) is 6.61 Å². The lowest BCUT2D eigenvalue weighted by Crippen LogP contribution is -2.43. The van der Waals surface area contributed by atoms with Crippen molar-refractivity contribution in [1.82, 2.24) is 15.8 Å². The Morgan fingerprint density at radius 3 is 2.07 bits per heavy atom. The van der Waals surface area contributed by atoms with Crippen LogP contribution in [-0.4, -0.2) is 36.3 Å². The second kappa shape index (κ2) is 8.85. The van der Waals surface area contributed by atoms with E-state index < -0.39 is 12.6 Å². The van der Waals surface area contributed by atoms with Crippen LogP contribution in [-0.2, 0) is 19.1 Å². The number of hydrazine groups is 1. The molecule has 0 saturated carbocycles. The van der Waals surface area contributed by atoms with E-state index in [9.17, 15) is 14.4 Å². The Balaban J connectivity index is 1.70. The normalized spacial score (nSPS) is 13.2. The monoisotopic (exact) mass is 379 g/mol. The van der Waals surface area contributed by atoms with Crippen molar-refractivity contribution >= 4 is 17.8 Å². The Labute approximate surface area is 163 Å². The standard InChI is InChI=1S/C21H21N3O4/c1-24(19(26)14-28-21(27)17-12-13-18(25)23-22-17)20(15-8-4-2-5-9-15)16-10-6-3-7-11-16/h2-12,20,22H,13-14H2,1H3,(H,23,25). The van der Waals surface area contributed by atoms with E-state index in [1.807, 2.05) is 60.7 Å². The fourth-order valence-electron chi connectivity index (χ4n) is 2.93. The molecule has 2 aromatic carbocycles. The first-order valence-corrected chi connectivity index (χ1v) is 8.84. The largest absolute Gasteiger partial charge is 0.451 e. The number of benzene rings is 2. The fourth-order valence-corrected chi connectivity index (χ4v) is 2.93. The van der Waals surface area contributed by atoms with Crippen LogP contribution >= 0.6 is 0 Å². The van der Waals surface area contributed by atoms with Crippen LogP contribution in [0.4, 0.5) is 0 Å². The van der Waals surface area contributed by atoms with Crippen molar-refractivity contribution in [2.24, 2.45) is 0 Å². The first-order valence-electron chi connectivity index (χ1n) is 8.84. The maximum Gasteiger partial charge on any atom is 0.356 e. The van der Waals surface area contributed by atoms with Crippen LogP contribution in [0.25, 0.3) is 0 Å². The highest BCUT2D eigenvalue weighted by molar-refractivity contribution is 5.92. The van der Waals surface area contributed by atoms with Crippen molar-refractivity contribution in [1.29, 1.82) is 0 Å². The SMILES string of the molecule is CN(C(=O)COC(=O)C1=CCC(=O)NN1)C(c1ccccc1)c1ccccc1. The Morgan fingerprint density at radius 1 is 1.00 bits per heavy atom. The molecule has 0 spiro atoms. The summed E-state index contributed by atoms with van der Waals surface area (Å²) < 4.78 is 5.11. The van der Waals surface area contributed by atoms with Gasteiger partial charge in [0, 0.05) is 13.5 Å². The Kier molecular flexibility index (Phi) is 6.06. The Morgan fingerprint density at radius 2 is 1.57 bits per heavy atom. The highest BCUT2D eigenvalue weighted by Crippen LogP contribution is 2.27. The zero-order valence-corrected chi connectivity index (χ0v) is 15.4. The first kappa shape index (κ1) is 19.2. The zero-order valence-electron chi connectivity index (χ0n) is 15.4. The van der Waals surface area contributed by atoms with E-state index >= 15 is 0 Å². The lowest BCUT2D eigenvalue weighted by atomic mass is 9.97. The average molecular weight is 379 g/mol. The minimum Gasteiger partial charge on any atom is -0.451 e. The van der Waals surface area contributed by atoms with Crippen LogP contribution in [0.3, 0.4) is 0 Å². The van der Waals surface area contributed by atoms with Gasteiger partial charge in [-0.25, -0.2) is 4.79 Å². The molecule has 0 bridgehead atoms. The average Bonchev–Trinajstić information content (AvgIpc) is 2.74. The van der Waals surface area contributed by atoms with Crippen LogP contribution in [0.1, 0.15) is 23.6 Å². The van der Waals surface area contributed by atoms with Crippen molar-refractivity contribution in [3.8, 4) is 0 Å². The van der Waals surface area contributed by atoms with E-state index in [2.05, 4.69) is 10.9 Å². The number of carbonyl (C=O) groups is 3. The molecule has 0 aliphatic carbocycles. The molecule has 7 nitrogen and oxygen atoms in total. The summed E-state index contributed by atoms with van der Waals surface area (Å²) in [5.74, 6) is -1.29. The Bertz CT molecular complexity index is 842. The zero-order chi connectivity index (χ0) is 19.9. The van der Waals surface area contributed by atoms with Gasteiger partial charge in [0.25, 0.3) is 5.91 Å². The summed E-state index contributed by atoms with van der Waals surface area (Å²) in [6.45, 7) is -0.404. The Hall–Kier alpha value is -3.61. The summed E-state index contributed by atoms with van der Waals surface area (Å²) in [6.07, 6.45) is 1.50. The molecule has 2 N–H and O–H groups in total. The molecular weight excluding hydrogens is 358 g/mol. The lowest BCUT2D eigenvalue weighted by molar-refractivity contribution is -0.149. The van der Waals surface area contributed by atoms with E-state index in [1.165, 1.54) is 6.08 Å². The summed E-state index contributed by atoms with van der Waals surface area (Å²) in [5, 5.41) is 0. The number of rotatable bonds is 6. The van der Waals surface area contributed by atoms with Gasteiger partial charge in [-0.3, -0.25) is 20.4 Å². The van der Waals surface area contributed by atoms with Crippen molar-refractivity contribution in [3.63, 3.8) is 0 Å². The number of hydrogen-bond acceptors (Lipinski definition) is 5. The number of amides is 2. The molecule has 7 heteroatoms. The summed E-state index contributed by atoms with van der Waals surface area (Å²) in [5.41, 5.74) is 6.81. The van der Waals surface area contributed by atoms with Crippen LogP contribution < -0.4 is 10.9 Å². The van der Waals surface area contributed by atoms with E-state index in [-0.39, 0.29) is 30.0 Å². The molecule has 0 atom stereocenters. The predicted octanol–water partition coefficient (Wildman–Crippen LogP) is 1.69. The van der Waals surface area contributed by atoms with Gasteiger partial charge in [-0.05, 0) is 17.2 Å². The van der Waals surface area contributed by atoms with Crippen molar-refractivity contribution in [3.05, 3.63) is 83.6 Å². The van der Waals surface area contributed by atoms with E-state index in [0.29, 0.717) is 0 Å². The molecule has 0 radical (unpaired) electrons.